The summed E-state index contributed by atoms with van der Waals surface area (Å²) < 4.78 is 35.4. The van der Waals surface area contributed by atoms with Crippen molar-refractivity contribution >= 4 is 11.8 Å². The first kappa shape index (κ1) is 23.3. The Morgan fingerprint density at radius 3 is 2.60 bits per heavy atom. The molecule has 186 valence electrons. The molecule has 4 aliphatic rings. The number of allylic oxidation sites excluding steroid dienone is 2. The minimum absolute atomic E-state index is 0.0627. The van der Waals surface area contributed by atoms with E-state index in [1.807, 2.05) is 6.07 Å². The van der Waals surface area contributed by atoms with Crippen molar-refractivity contribution in [3.63, 3.8) is 0 Å². The summed E-state index contributed by atoms with van der Waals surface area (Å²) in [6.07, 6.45) is 3.38. The highest BCUT2D eigenvalue weighted by molar-refractivity contribution is 6.05. The van der Waals surface area contributed by atoms with E-state index < -0.39 is 11.5 Å². The van der Waals surface area contributed by atoms with Gasteiger partial charge in [-0.25, -0.2) is 4.79 Å². The number of fused-ring (bicyclic) bond motifs is 2. The van der Waals surface area contributed by atoms with Crippen LogP contribution in [-0.2, 0) is 29.2 Å². The van der Waals surface area contributed by atoms with Gasteiger partial charge >= 0.3 is 5.97 Å². The van der Waals surface area contributed by atoms with Gasteiger partial charge in [0.2, 0.25) is 24.1 Å². The summed E-state index contributed by atoms with van der Waals surface area (Å²) in [5.74, 6) is 1.45. The Kier molecular flexibility index (Phi) is 5.57. The van der Waals surface area contributed by atoms with Crippen LogP contribution in [0.15, 0.2) is 40.9 Å². The molecule has 1 spiro atoms. The molecule has 1 aromatic rings. The van der Waals surface area contributed by atoms with E-state index in [4.69, 9.17) is 28.4 Å². The maximum Gasteiger partial charge on any atom is 0.333 e. The van der Waals surface area contributed by atoms with Crippen LogP contribution in [0, 0.1) is 11.8 Å². The summed E-state index contributed by atoms with van der Waals surface area (Å²) in [5.41, 5.74) is 2.00. The first-order valence-electron chi connectivity index (χ1n) is 11.8. The number of rotatable bonds is 4. The van der Waals surface area contributed by atoms with Gasteiger partial charge in [-0.15, -0.1) is 0 Å². The third-order valence-electron chi connectivity index (χ3n) is 7.80. The zero-order chi connectivity index (χ0) is 25.1. The fraction of sp³-hybridized carbons (Fsp3) is 0.481. The van der Waals surface area contributed by atoms with E-state index in [9.17, 15) is 9.59 Å². The van der Waals surface area contributed by atoms with Crippen LogP contribution in [0.1, 0.15) is 51.3 Å². The van der Waals surface area contributed by atoms with Gasteiger partial charge in [0.15, 0.2) is 17.3 Å². The van der Waals surface area contributed by atoms with Gasteiger partial charge in [-0.3, -0.25) is 4.79 Å². The number of benzene rings is 1. The van der Waals surface area contributed by atoms with Gasteiger partial charge in [-0.1, -0.05) is 19.9 Å². The molecule has 0 saturated heterocycles. The van der Waals surface area contributed by atoms with Crippen molar-refractivity contribution in [1.29, 1.82) is 0 Å². The van der Waals surface area contributed by atoms with Crippen LogP contribution < -0.4 is 14.2 Å². The molecule has 0 bridgehead atoms. The predicted octanol–water partition coefficient (Wildman–Crippen LogP) is 4.29. The average molecular weight is 483 g/mol. The highest BCUT2D eigenvalue weighted by Gasteiger charge is 2.58. The van der Waals surface area contributed by atoms with Crippen molar-refractivity contribution in [1.82, 2.24) is 0 Å². The van der Waals surface area contributed by atoms with E-state index in [1.54, 1.807) is 26.0 Å². The monoisotopic (exact) mass is 482 g/mol. The Labute approximate surface area is 204 Å². The second-order valence-corrected chi connectivity index (χ2v) is 9.54. The normalized spacial score (nSPS) is 28.9. The summed E-state index contributed by atoms with van der Waals surface area (Å²) in [5, 5.41) is 0. The molecule has 0 fully saturated rings. The Hall–Kier alpha value is -3.42. The van der Waals surface area contributed by atoms with E-state index in [0.29, 0.717) is 35.0 Å². The smallest absolute Gasteiger partial charge is 0.333 e. The Bertz CT molecular complexity index is 1210. The fourth-order valence-electron chi connectivity index (χ4n) is 5.62. The van der Waals surface area contributed by atoms with Crippen LogP contribution >= 0.6 is 0 Å². The standard InChI is InChI=1S/C27H30O8/c1-7-13(2)26(29)35-21-15(4)14(3)8-16-9-18(28)22(30-5)25(31-6)27(16)11-32-24-20(27)17(21)10-19-23(24)34-12-33-19/h7,9-10,14-15,21H,8,11-12H2,1-6H3/b13-7+/t14-,15-,21-,27?/m1/s1. The maximum atomic E-state index is 13.0. The first-order chi connectivity index (χ1) is 16.8. The lowest BCUT2D eigenvalue weighted by Crippen LogP contribution is -2.42. The molecule has 1 aromatic carbocycles. The number of ether oxygens (including phenoxy) is 6. The van der Waals surface area contributed by atoms with Gasteiger partial charge in [-0.05, 0) is 43.9 Å². The van der Waals surface area contributed by atoms with Gasteiger partial charge in [0.25, 0.3) is 0 Å². The van der Waals surface area contributed by atoms with Gasteiger partial charge in [0, 0.05) is 22.6 Å². The first-order valence-corrected chi connectivity index (χ1v) is 11.8. The van der Waals surface area contributed by atoms with Crippen molar-refractivity contribution in [2.45, 2.75) is 45.6 Å². The third kappa shape index (κ3) is 3.18. The van der Waals surface area contributed by atoms with E-state index in [2.05, 4.69) is 13.8 Å². The molecule has 2 aliphatic carbocycles. The summed E-state index contributed by atoms with van der Waals surface area (Å²) in [6.45, 7) is 7.96. The van der Waals surface area contributed by atoms with Crippen LogP contribution in [-0.4, -0.2) is 39.4 Å². The van der Waals surface area contributed by atoms with Crippen LogP contribution in [0.25, 0.3) is 0 Å². The van der Waals surface area contributed by atoms with E-state index in [0.717, 1.165) is 16.7 Å². The molecule has 4 atom stereocenters. The molecule has 2 heterocycles. The molecule has 0 N–H and O–H groups in total. The highest BCUT2D eigenvalue weighted by Crippen LogP contribution is 2.62. The van der Waals surface area contributed by atoms with E-state index in [1.165, 1.54) is 14.2 Å². The summed E-state index contributed by atoms with van der Waals surface area (Å²) in [6, 6.07) is 1.88. The van der Waals surface area contributed by atoms with Crippen molar-refractivity contribution in [3.8, 4) is 17.2 Å². The van der Waals surface area contributed by atoms with Crippen LogP contribution in [0.5, 0.6) is 17.2 Å². The zero-order valence-electron chi connectivity index (χ0n) is 20.9. The van der Waals surface area contributed by atoms with E-state index >= 15 is 0 Å². The number of hydrogen-bond acceptors (Lipinski definition) is 8. The Morgan fingerprint density at radius 1 is 1.14 bits per heavy atom. The second kappa shape index (κ2) is 8.36. The second-order valence-electron chi connectivity index (χ2n) is 9.54. The summed E-state index contributed by atoms with van der Waals surface area (Å²) in [7, 11) is 2.98. The van der Waals surface area contributed by atoms with E-state index in [-0.39, 0.29) is 42.7 Å². The van der Waals surface area contributed by atoms with Crippen molar-refractivity contribution in [2.24, 2.45) is 11.8 Å². The van der Waals surface area contributed by atoms with Crippen molar-refractivity contribution < 1.29 is 38.0 Å². The molecule has 1 unspecified atom stereocenters. The molecule has 0 aromatic heterocycles. The lowest BCUT2D eigenvalue weighted by Gasteiger charge is -2.42. The zero-order valence-corrected chi connectivity index (χ0v) is 20.9. The SMILES string of the molecule is C/C=C(\C)C(=O)O[C@H]1c2cc3c(c4c2C2(CO4)C(=CC(=O)C(OC)=C2OC)C[C@@H](C)[C@H]1C)OCO3. The molecular formula is C27H30O8. The van der Waals surface area contributed by atoms with Crippen molar-refractivity contribution in [2.75, 3.05) is 27.6 Å². The predicted molar refractivity (Wildman–Crippen MR) is 125 cm³/mol. The lowest BCUT2D eigenvalue weighted by atomic mass is 9.62. The molecule has 35 heavy (non-hydrogen) atoms. The lowest BCUT2D eigenvalue weighted by molar-refractivity contribution is -0.148. The topological polar surface area (TPSA) is 89.5 Å². The maximum absolute atomic E-state index is 13.0. The Morgan fingerprint density at radius 2 is 1.91 bits per heavy atom. The van der Waals surface area contributed by atoms with Crippen LogP contribution in [0.3, 0.4) is 0 Å². The van der Waals surface area contributed by atoms with Crippen molar-refractivity contribution in [3.05, 3.63) is 52.0 Å². The van der Waals surface area contributed by atoms with Crippen LogP contribution in [0.4, 0.5) is 0 Å². The Balaban J connectivity index is 1.83. The number of hydrogen-bond donors (Lipinski definition) is 0. The molecule has 8 nitrogen and oxygen atoms in total. The number of methoxy groups -OCH3 is 2. The molecular weight excluding hydrogens is 452 g/mol. The molecule has 5 rings (SSSR count). The van der Waals surface area contributed by atoms with Gasteiger partial charge < -0.3 is 28.4 Å². The molecule has 8 heteroatoms. The largest absolute Gasteiger partial charge is 0.496 e. The summed E-state index contributed by atoms with van der Waals surface area (Å²) >= 11 is 0. The number of carbonyl (C=O) groups excluding carboxylic acids is 2. The minimum atomic E-state index is -0.922. The fourth-order valence-corrected chi connectivity index (χ4v) is 5.62. The summed E-state index contributed by atoms with van der Waals surface area (Å²) in [4.78, 5) is 26.0. The highest BCUT2D eigenvalue weighted by atomic mass is 16.7. The quantitative estimate of drug-likeness (QED) is 0.464. The molecule has 2 aliphatic heterocycles. The molecule has 0 saturated carbocycles. The number of carbonyl (C=O) groups is 2. The van der Waals surface area contributed by atoms with Gasteiger partial charge in [0.1, 0.15) is 18.1 Å². The molecule has 0 radical (unpaired) electrons. The van der Waals surface area contributed by atoms with Crippen LogP contribution in [0.2, 0.25) is 0 Å². The van der Waals surface area contributed by atoms with Gasteiger partial charge in [0.05, 0.1) is 14.2 Å². The number of esters is 1. The van der Waals surface area contributed by atoms with Gasteiger partial charge in [-0.2, -0.15) is 0 Å². The third-order valence-corrected chi connectivity index (χ3v) is 7.80. The minimum Gasteiger partial charge on any atom is -0.496 e. The number of ketones is 1. The average Bonchev–Trinajstić information content (AvgIpc) is 3.47. The molecule has 0 amide bonds.